The summed E-state index contributed by atoms with van der Waals surface area (Å²) in [5, 5.41) is 8.63. The molecule has 1 saturated heterocycles. The van der Waals surface area contributed by atoms with E-state index in [4.69, 9.17) is 53.8 Å². The van der Waals surface area contributed by atoms with Crippen molar-refractivity contribution in [3.8, 4) is 164 Å². The van der Waals surface area contributed by atoms with E-state index in [1.807, 2.05) is 200 Å². The number of aromatic hydroxyl groups is 1. The minimum absolute atomic E-state index is 0.127. The number of rotatable bonds is 10. The number of para-hydroxylation sites is 5. The molecule has 2 aromatic heterocycles. The van der Waals surface area contributed by atoms with E-state index in [1.54, 1.807) is 24.3 Å². The maximum Gasteiger partial charge on any atom is 0.494 e. The zero-order valence-electron chi connectivity index (χ0n) is 79.0. The fourth-order valence-corrected chi connectivity index (χ4v) is 21.3. The number of hydrogen-bond donors (Lipinski definition) is 1. The van der Waals surface area contributed by atoms with Crippen LogP contribution < -0.4 is 14.9 Å². The third-order valence-corrected chi connectivity index (χ3v) is 29.0. The second-order valence-corrected chi connectivity index (χ2v) is 39.0. The predicted octanol–water partition coefficient (Wildman–Crippen LogP) is 31.5. The van der Waals surface area contributed by atoms with Crippen molar-refractivity contribution in [1.29, 1.82) is 0 Å². The summed E-state index contributed by atoms with van der Waals surface area (Å²) >= 11 is 7.09. The van der Waals surface area contributed by atoms with Gasteiger partial charge in [0.1, 0.15) is 28.7 Å². The van der Waals surface area contributed by atoms with Crippen molar-refractivity contribution in [2.24, 2.45) is 0 Å². The molecule has 1 fully saturated rings. The van der Waals surface area contributed by atoms with E-state index >= 15 is 0 Å². The van der Waals surface area contributed by atoms with E-state index in [-0.39, 0.29) is 22.4 Å². The summed E-state index contributed by atoms with van der Waals surface area (Å²) in [5.74, 6) is 7.95. The number of nitrogens with zero attached hydrogens (tertiary/aromatic N) is 6. The Bertz CT molecular complexity index is 8280. The van der Waals surface area contributed by atoms with Crippen LogP contribution in [0.4, 0.5) is 0 Å². The van der Waals surface area contributed by atoms with Crippen molar-refractivity contribution in [3.05, 3.63) is 538 Å². The molecular formula is C129H91BBr2N6O6. The lowest BCUT2D eigenvalue weighted by Gasteiger charge is -2.39. The van der Waals surface area contributed by atoms with Gasteiger partial charge in [0.15, 0.2) is 40.7 Å². The maximum absolute atomic E-state index is 12.0. The van der Waals surface area contributed by atoms with Crippen molar-refractivity contribution >= 4 is 50.2 Å². The number of benzene rings is 19. The smallest absolute Gasteiger partial charge is 0.494 e. The molecule has 3 aliphatic carbocycles. The first-order valence-corrected chi connectivity index (χ1v) is 49.7. The molecule has 144 heavy (non-hydrogen) atoms. The summed E-state index contributed by atoms with van der Waals surface area (Å²) in [7, 11) is -0.413. The number of carbonyl (C=O) groups excluding carboxylic acids is 1. The second kappa shape index (κ2) is 38.3. The van der Waals surface area contributed by atoms with Crippen molar-refractivity contribution in [2.45, 2.75) is 49.7 Å². The fourth-order valence-electron chi connectivity index (χ4n) is 20.6. The Morgan fingerprint density at radius 1 is 0.222 bits per heavy atom. The molecule has 12 nitrogen and oxygen atoms in total. The number of hydrogen-bond acceptors (Lipinski definition) is 12. The second-order valence-electron chi connectivity index (χ2n) is 37.2. The molecule has 5 heterocycles. The Morgan fingerprint density at radius 3 is 0.889 bits per heavy atom. The Morgan fingerprint density at radius 2 is 0.493 bits per heavy atom. The molecule has 0 saturated carbocycles. The van der Waals surface area contributed by atoms with Gasteiger partial charge in [0.05, 0.1) is 22.0 Å². The number of fused-ring (bicyclic) bond motifs is 21. The minimum Gasteiger partial charge on any atom is -0.508 e. The van der Waals surface area contributed by atoms with Gasteiger partial charge < -0.3 is 23.9 Å². The van der Waals surface area contributed by atoms with Crippen LogP contribution in [0.25, 0.3) is 135 Å². The van der Waals surface area contributed by atoms with E-state index < -0.39 is 12.5 Å². The molecular weight excluding hydrogens is 1900 g/mol. The van der Waals surface area contributed by atoms with Gasteiger partial charge >= 0.3 is 7.12 Å². The number of carbonyl (C=O) groups is 1. The number of ether oxygens (including phenoxy) is 2. The zero-order valence-corrected chi connectivity index (χ0v) is 82.2. The first kappa shape index (κ1) is 91.0. The Balaban J connectivity index is 0.000000112. The first-order chi connectivity index (χ1) is 70.5. The maximum atomic E-state index is 12.0. The minimum atomic E-state index is -0.513. The molecule has 6 aliphatic rings. The highest BCUT2D eigenvalue weighted by Crippen LogP contribution is 2.65. The Kier molecular flexibility index (Phi) is 24.2. The van der Waals surface area contributed by atoms with Crippen LogP contribution >= 0.6 is 31.9 Å². The van der Waals surface area contributed by atoms with Crippen molar-refractivity contribution < 1.29 is 28.7 Å². The monoisotopic (exact) mass is 1990 g/mol. The van der Waals surface area contributed by atoms with Crippen LogP contribution in [0.2, 0.25) is 0 Å². The van der Waals surface area contributed by atoms with Gasteiger partial charge in [-0.2, -0.15) is 0 Å². The standard InChI is InChI=1S/C52H33N3O.C33H30BN3O2.C25H15BrO.C13H7BrO.C6H6O/c1-3-15-34(16-4-1)49-53-50(35-17-5-2-6-18-35)55-51(54-49)40-22-14-21-38(32-40)36-19-13-20-37(31-36)39-29-30-42-41-23-7-8-24-43(41)52(46(42)33-39)44-25-9-11-27-47(44)56-48-28-12-10-26-45(48)52;1-32(2)33(3,4)39-34(38-32)28-20-12-18-26(22-28)25-17-11-19-27(21-25)31-36-29(23-13-7-5-8-14-23)35-30(37-31)24-15-9-6-10-16-24;26-16-13-14-18-17-7-1-2-8-19(17)25(22(18)15-16)20-9-3-5-11-23(20)27-24-12-6-4-10-21(24)25;14-8-5-6-10-9-3-1-2-4-11(9)13(15)12(10)7-8;7-6-4-2-1-3-5-6/h1-33H;5-22H,1-4H3;1-15H;1-7H;1-5,7H. The first-order valence-electron chi connectivity index (χ1n) is 48.1. The molecule has 0 atom stereocenters. The molecule has 21 aromatic rings. The SMILES string of the molecule is Brc1ccc2c(c1)C1(c3ccccc3Oc3ccccc31)c1ccccc1-2.CC1(C)OB(c2cccc(-c3cccc(-c4nc(-c5ccccc5)nc(-c5ccccc5)n4)c3)c2)OC1(C)C.O=C1c2ccccc2-c2ccc(Br)cc21.Oc1ccccc1.c1ccc(-c2nc(-c3ccccc3)nc(-c3cccc(-c4cccc(-c5ccc6c(c5)C5(c7ccccc7Oc7ccccc75)c5ccccc5-6)c4)c3)n2)cc1. The van der Waals surface area contributed by atoms with Crippen LogP contribution in [0.15, 0.2) is 482 Å². The van der Waals surface area contributed by atoms with Crippen LogP contribution in [-0.4, -0.2) is 59.1 Å². The molecule has 0 radical (unpaired) electrons. The van der Waals surface area contributed by atoms with Crippen molar-refractivity contribution in [1.82, 2.24) is 29.9 Å². The summed E-state index contributed by atoms with van der Waals surface area (Å²) in [4.78, 5) is 41.5. The zero-order chi connectivity index (χ0) is 97.6. The Hall–Kier alpha value is -16.8. The normalized spacial score (nSPS) is 13.8. The fraction of sp³-hybridized carbons (Fsp3) is 0.0620. The summed E-state index contributed by atoms with van der Waals surface area (Å²) in [5.41, 5.74) is 30.3. The van der Waals surface area contributed by atoms with Crippen LogP contribution in [0, 0.1) is 0 Å². The van der Waals surface area contributed by atoms with Gasteiger partial charge in [-0.1, -0.05) is 420 Å². The van der Waals surface area contributed by atoms with Gasteiger partial charge in [0.2, 0.25) is 0 Å². The molecule has 0 unspecified atom stereocenters. The number of phenols is 1. The van der Waals surface area contributed by atoms with Crippen molar-refractivity contribution in [3.63, 3.8) is 0 Å². The summed E-state index contributed by atoms with van der Waals surface area (Å²) < 4.78 is 27.5. The topological polar surface area (TPSA) is 152 Å². The molecule has 19 aromatic carbocycles. The summed E-state index contributed by atoms with van der Waals surface area (Å²) in [6.45, 7) is 8.29. The van der Waals surface area contributed by atoms with Crippen LogP contribution in [0.3, 0.4) is 0 Å². The van der Waals surface area contributed by atoms with Crippen LogP contribution in [0.1, 0.15) is 88.1 Å². The lowest BCUT2D eigenvalue weighted by molar-refractivity contribution is 0.00578. The summed E-state index contributed by atoms with van der Waals surface area (Å²) in [6, 6.07) is 162. The van der Waals surface area contributed by atoms with Crippen LogP contribution in [0.5, 0.6) is 28.7 Å². The average molecular weight is 1990 g/mol. The average Bonchev–Trinajstić information content (AvgIpc) is 1.58. The molecule has 2 spiro atoms. The van der Waals surface area contributed by atoms with E-state index in [1.165, 1.54) is 55.6 Å². The largest absolute Gasteiger partial charge is 0.508 e. The molecule has 27 rings (SSSR count). The molecule has 15 heteroatoms. The molecule has 0 amide bonds. The van der Waals surface area contributed by atoms with Gasteiger partial charge in [0, 0.05) is 75.7 Å². The third kappa shape index (κ3) is 16.9. The van der Waals surface area contributed by atoms with Gasteiger partial charge in [-0.05, 0) is 207 Å². The molecule has 1 N–H and O–H groups in total. The lowest BCUT2D eigenvalue weighted by atomic mass is 9.66. The van der Waals surface area contributed by atoms with Crippen LogP contribution in [-0.2, 0) is 20.1 Å². The van der Waals surface area contributed by atoms with E-state index in [2.05, 4.69) is 308 Å². The van der Waals surface area contributed by atoms with Gasteiger partial charge in [-0.3, -0.25) is 4.79 Å². The molecule has 3 aliphatic heterocycles. The van der Waals surface area contributed by atoms with Gasteiger partial charge in [-0.25, -0.2) is 29.9 Å². The Labute approximate surface area is 853 Å². The number of ketones is 1. The number of halogens is 2. The van der Waals surface area contributed by atoms with E-state index in [0.717, 1.165) is 138 Å². The predicted molar refractivity (Wildman–Crippen MR) is 584 cm³/mol. The van der Waals surface area contributed by atoms with Gasteiger partial charge in [-0.15, -0.1) is 0 Å². The van der Waals surface area contributed by atoms with E-state index in [0.29, 0.717) is 40.7 Å². The summed E-state index contributed by atoms with van der Waals surface area (Å²) in [6.07, 6.45) is 0. The number of phenolic OH excluding ortho intramolecular Hbond substituents is 1. The molecule has 690 valence electrons. The number of aromatic nitrogens is 6. The van der Waals surface area contributed by atoms with E-state index in [9.17, 15) is 4.79 Å². The van der Waals surface area contributed by atoms with Crippen molar-refractivity contribution in [2.75, 3.05) is 0 Å². The lowest BCUT2D eigenvalue weighted by Crippen LogP contribution is -2.41. The highest BCUT2D eigenvalue weighted by Gasteiger charge is 2.54. The highest BCUT2D eigenvalue weighted by molar-refractivity contribution is 9.10. The third-order valence-electron chi connectivity index (χ3n) is 28.0. The van der Waals surface area contributed by atoms with Gasteiger partial charge in [0.25, 0.3) is 0 Å². The molecule has 0 bridgehead atoms. The quantitative estimate of drug-likeness (QED) is 0.130. The highest BCUT2D eigenvalue weighted by atomic mass is 79.9.